The van der Waals surface area contributed by atoms with Crippen molar-refractivity contribution < 1.29 is 13.2 Å². The second-order valence-electron chi connectivity index (χ2n) is 7.81. The number of urea groups is 1. The molecule has 182 valence electrons. The molecule has 2 aromatic carbocycles. The predicted molar refractivity (Wildman–Crippen MR) is 144 cm³/mol. The minimum Gasteiger partial charge on any atom is -0.340 e. The standard InChI is InChI=1S/C24H24BrN5O3S2/c1-3-4-13-26-24(31)30-35(32,33)19-11-9-18(10-12-19)29-22-21-20(16-5-7-17(25)8-6-16)15(2)34-23(21)28-14-27-22/h5-12,14H,3-4,13H2,1-2H3,(H2,26,30,31)(H,27,28,29). The molecule has 0 unspecified atom stereocenters. The molecular formula is C24H24BrN5O3S2. The molecule has 0 spiro atoms. The molecule has 0 aliphatic rings. The van der Waals surface area contributed by atoms with Crippen molar-refractivity contribution in [1.82, 2.24) is 20.0 Å². The van der Waals surface area contributed by atoms with Crippen LogP contribution in [0.3, 0.4) is 0 Å². The summed E-state index contributed by atoms with van der Waals surface area (Å²) in [7, 11) is -3.98. The summed E-state index contributed by atoms with van der Waals surface area (Å²) in [5.74, 6) is 0.626. The van der Waals surface area contributed by atoms with E-state index in [-0.39, 0.29) is 4.90 Å². The lowest BCUT2D eigenvalue weighted by Gasteiger charge is -2.11. The molecule has 0 aliphatic heterocycles. The van der Waals surface area contributed by atoms with E-state index in [1.165, 1.54) is 18.5 Å². The number of anilines is 2. The van der Waals surface area contributed by atoms with Gasteiger partial charge in [0.15, 0.2) is 0 Å². The van der Waals surface area contributed by atoms with Crippen molar-refractivity contribution in [1.29, 1.82) is 0 Å². The second-order valence-corrected chi connectivity index (χ2v) is 11.6. The number of carbonyl (C=O) groups is 1. The summed E-state index contributed by atoms with van der Waals surface area (Å²) in [6, 6.07) is 13.5. The molecule has 2 amide bonds. The number of aromatic nitrogens is 2. The third kappa shape index (κ3) is 5.80. The predicted octanol–water partition coefficient (Wildman–Crippen LogP) is 5.96. The Morgan fingerprint density at radius 2 is 1.77 bits per heavy atom. The maximum atomic E-state index is 12.5. The van der Waals surface area contributed by atoms with Gasteiger partial charge in [-0.3, -0.25) is 0 Å². The van der Waals surface area contributed by atoms with Crippen LogP contribution < -0.4 is 15.4 Å². The quantitative estimate of drug-likeness (QED) is 0.224. The Morgan fingerprint density at radius 1 is 1.06 bits per heavy atom. The highest BCUT2D eigenvalue weighted by Crippen LogP contribution is 2.41. The van der Waals surface area contributed by atoms with Gasteiger partial charge in [0.25, 0.3) is 10.0 Å². The molecule has 4 rings (SSSR count). The molecule has 0 saturated heterocycles. The van der Waals surface area contributed by atoms with Crippen molar-refractivity contribution in [3.8, 4) is 11.1 Å². The Hall–Kier alpha value is -3.02. The van der Waals surface area contributed by atoms with E-state index in [2.05, 4.69) is 43.5 Å². The number of hydrogen-bond donors (Lipinski definition) is 3. The first-order valence-electron chi connectivity index (χ1n) is 11.0. The van der Waals surface area contributed by atoms with Gasteiger partial charge in [0.1, 0.15) is 17.0 Å². The van der Waals surface area contributed by atoms with E-state index in [1.54, 1.807) is 23.5 Å². The summed E-state index contributed by atoms with van der Waals surface area (Å²) < 4.78 is 28.1. The van der Waals surface area contributed by atoms with E-state index >= 15 is 0 Å². The highest BCUT2D eigenvalue weighted by atomic mass is 79.9. The summed E-state index contributed by atoms with van der Waals surface area (Å²) in [4.78, 5) is 22.7. The number of benzene rings is 2. The van der Waals surface area contributed by atoms with Gasteiger partial charge in [-0.2, -0.15) is 0 Å². The number of nitrogens with one attached hydrogen (secondary N) is 3. The van der Waals surface area contributed by atoms with E-state index in [4.69, 9.17) is 0 Å². The Kier molecular flexibility index (Phi) is 7.68. The number of fused-ring (bicyclic) bond motifs is 1. The topological polar surface area (TPSA) is 113 Å². The molecule has 0 atom stereocenters. The van der Waals surface area contributed by atoms with Crippen LogP contribution in [0.25, 0.3) is 21.3 Å². The molecule has 0 aliphatic carbocycles. The molecule has 0 bridgehead atoms. The largest absolute Gasteiger partial charge is 0.340 e. The second kappa shape index (κ2) is 10.7. The van der Waals surface area contributed by atoms with Crippen molar-refractivity contribution in [3.63, 3.8) is 0 Å². The molecule has 0 saturated carbocycles. The zero-order chi connectivity index (χ0) is 25.0. The molecule has 8 nitrogen and oxygen atoms in total. The molecule has 3 N–H and O–H groups in total. The number of thiophene rings is 1. The lowest BCUT2D eigenvalue weighted by atomic mass is 10.0. The van der Waals surface area contributed by atoms with E-state index in [0.29, 0.717) is 18.1 Å². The maximum Gasteiger partial charge on any atom is 0.328 e. The van der Waals surface area contributed by atoms with Crippen molar-refractivity contribution in [2.24, 2.45) is 0 Å². The number of amides is 2. The molecule has 0 fully saturated rings. The van der Waals surface area contributed by atoms with Crippen LogP contribution in [0.1, 0.15) is 24.6 Å². The van der Waals surface area contributed by atoms with Gasteiger partial charge in [-0.15, -0.1) is 11.3 Å². The van der Waals surface area contributed by atoms with Crippen LogP contribution in [0.15, 0.2) is 64.2 Å². The molecule has 35 heavy (non-hydrogen) atoms. The average Bonchev–Trinajstić information content (AvgIpc) is 3.16. The number of carbonyl (C=O) groups excluding carboxylic acids is 1. The first-order valence-corrected chi connectivity index (χ1v) is 14.1. The minimum absolute atomic E-state index is 0.0107. The molecule has 11 heteroatoms. The molecule has 0 radical (unpaired) electrons. The van der Waals surface area contributed by atoms with Crippen molar-refractivity contribution in [2.45, 2.75) is 31.6 Å². The normalized spacial score (nSPS) is 11.4. The van der Waals surface area contributed by atoms with Crippen LogP contribution in [-0.2, 0) is 10.0 Å². The summed E-state index contributed by atoms with van der Waals surface area (Å²) in [5, 5.41) is 6.73. The lowest BCUT2D eigenvalue weighted by molar-refractivity contribution is 0.245. The van der Waals surface area contributed by atoms with Gasteiger partial charge < -0.3 is 10.6 Å². The van der Waals surface area contributed by atoms with Crippen LogP contribution in [-0.4, -0.2) is 31.0 Å². The summed E-state index contributed by atoms with van der Waals surface area (Å²) in [6.07, 6.45) is 3.18. The number of hydrogen-bond acceptors (Lipinski definition) is 7. The summed E-state index contributed by atoms with van der Waals surface area (Å²) in [6.45, 7) is 4.45. The van der Waals surface area contributed by atoms with Gasteiger partial charge >= 0.3 is 6.03 Å². The van der Waals surface area contributed by atoms with E-state index < -0.39 is 16.1 Å². The Morgan fingerprint density at radius 3 is 2.46 bits per heavy atom. The van der Waals surface area contributed by atoms with Gasteiger partial charge in [-0.05, 0) is 55.3 Å². The number of sulfonamides is 1. The van der Waals surface area contributed by atoms with Gasteiger partial charge in [0, 0.05) is 27.1 Å². The third-order valence-corrected chi connectivity index (χ3v) is 8.16. The van der Waals surface area contributed by atoms with E-state index in [9.17, 15) is 13.2 Å². The Balaban J connectivity index is 1.58. The maximum absolute atomic E-state index is 12.5. The van der Waals surface area contributed by atoms with Gasteiger partial charge in [0.05, 0.1) is 10.3 Å². The minimum atomic E-state index is -3.98. The molecule has 4 aromatic rings. The first kappa shape index (κ1) is 25.1. The lowest BCUT2D eigenvalue weighted by Crippen LogP contribution is -2.39. The number of unbranched alkanes of at least 4 members (excludes halogenated alkanes) is 1. The Labute approximate surface area is 216 Å². The van der Waals surface area contributed by atoms with Gasteiger partial charge in [0.2, 0.25) is 0 Å². The zero-order valence-electron chi connectivity index (χ0n) is 19.1. The fourth-order valence-corrected chi connectivity index (χ4v) is 5.76. The highest BCUT2D eigenvalue weighted by Gasteiger charge is 2.19. The zero-order valence-corrected chi connectivity index (χ0v) is 22.4. The van der Waals surface area contributed by atoms with Crippen LogP contribution in [0.2, 0.25) is 0 Å². The fourth-order valence-electron chi connectivity index (χ4n) is 3.55. The van der Waals surface area contributed by atoms with Crippen molar-refractivity contribution in [3.05, 3.63) is 64.2 Å². The molecule has 2 heterocycles. The number of halogens is 1. The average molecular weight is 575 g/mol. The number of rotatable bonds is 8. The molecule has 2 aromatic heterocycles. The van der Waals surface area contributed by atoms with Crippen molar-refractivity contribution in [2.75, 3.05) is 11.9 Å². The first-order chi connectivity index (χ1) is 16.8. The smallest absolute Gasteiger partial charge is 0.328 e. The summed E-state index contributed by atoms with van der Waals surface area (Å²) >= 11 is 5.07. The Bertz CT molecular complexity index is 1450. The van der Waals surface area contributed by atoms with Crippen molar-refractivity contribution >= 4 is 65.0 Å². The fraction of sp³-hybridized carbons (Fsp3) is 0.208. The van der Waals surface area contributed by atoms with Crippen LogP contribution in [0.4, 0.5) is 16.3 Å². The third-order valence-electron chi connectivity index (χ3n) is 5.27. The highest BCUT2D eigenvalue weighted by molar-refractivity contribution is 9.10. The van der Waals surface area contributed by atoms with Gasteiger partial charge in [-0.25, -0.2) is 27.9 Å². The van der Waals surface area contributed by atoms with Crippen LogP contribution in [0.5, 0.6) is 0 Å². The SMILES string of the molecule is CCCCNC(=O)NS(=O)(=O)c1ccc(Nc2ncnc3sc(C)c(-c4ccc(Br)cc4)c23)cc1. The summed E-state index contributed by atoms with van der Waals surface area (Å²) in [5.41, 5.74) is 2.76. The molecular weight excluding hydrogens is 550 g/mol. The number of aryl methyl sites for hydroxylation is 1. The van der Waals surface area contributed by atoms with E-state index in [1.807, 2.05) is 35.9 Å². The van der Waals surface area contributed by atoms with Crippen LogP contribution in [0, 0.1) is 6.92 Å². The number of nitrogens with zero attached hydrogens (tertiary/aromatic N) is 2. The van der Waals surface area contributed by atoms with Gasteiger partial charge in [-0.1, -0.05) is 41.4 Å². The van der Waals surface area contributed by atoms with E-state index in [0.717, 1.165) is 43.5 Å². The monoisotopic (exact) mass is 573 g/mol. The van der Waals surface area contributed by atoms with Crippen LogP contribution >= 0.6 is 27.3 Å².